The SMILES string of the molecule is C=C(C)CN1Cc2c(OC)ccc(OC)c2[C@H](O)C1. The van der Waals surface area contributed by atoms with E-state index in [2.05, 4.69) is 11.5 Å². The summed E-state index contributed by atoms with van der Waals surface area (Å²) in [6, 6.07) is 3.73. The summed E-state index contributed by atoms with van der Waals surface area (Å²) in [6.07, 6.45) is -0.562. The lowest BCUT2D eigenvalue weighted by molar-refractivity contribution is 0.0939. The molecule has 0 saturated heterocycles. The maximum atomic E-state index is 10.4. The molecule has 1 aliphatic rings. The second-order valence-corrected chi connectivity index (χ2v) is 5.00. The third-order valence-corrected chi connectivity index (χ3v) is 3.35. The minimum absolute atomic E-state index is 0.562. The lowest BCUT2D eigenvalue weighted by Crippen LogP contribution is -2.35. The third-order valence-electron chi connectivity index (χ3n) is 3.35. The first kappa shape index (κ1) is 13.9. The van der Waals surface area contributed by atoms with Crippen LogP contribution in [0.1, 0.15) is 24.2 Å². The van der Waals surface area contributed by atoms with Crippen molar-refractivity contribution in [1.82, 2.24) is 4.90 Å². The molecule has 0 aromatic heterocycles. The fourth-order valence-corrected chi connectivity index (χ4v) is 2.65. The van der Waals surface area contributed by atoms with Gasteiger partial charge in [-0.05, 0) is 19.1 Å². The van der Waals surface area contributed by atoms with E-state index in [1.54, 1.807) is 14.2 Å². The standard InChI is InChI=1S/C15H21NO3/c1-10(2)7-16-8-11-13(18-3)5-6-14(19-4)15(11)12(17)9-16/h5-6,12,17H,1,7-9H2,2-4H3/t12-/m1/s1. The molecule has 0 saturated carbocycles. The number of ether oxygens (including phenoxy) is 2. The number of rotatable bonds is 4. The van der Waals surface area contributed by atoms with Gasteiger partial charge < -0.3 is 14.6 Å². The van der Waals surface area contributed by atoms with E-state index in [0.29, 0.717) is 6.54 Å². The monoisotopic (exact) mass is 263 g/mol. The number of hydrogen-bond acceptors (Lipinski definition) is 4. The van der Waals surface area contributed by atoms with Gasteiger partial charge in [-0.25, -0.2) is 0 Å². The molecule has 1 heterocycles. The van der Waals surface area contributed by atoms with Gasteiger partial charge in [-0.3, -0.25) is 4.90 Å². The van der Waals surface area contributed by atoms with E-state index in [0.717, 1.165) is 41.3 Å². The van der Waals surface area contributed by atoms with E-state index in [1.165, 1.54) is 0 Å². The van der Waals surface area contributed by atoms with E-state index in [9.17, 15) is 5.11 Å². The Morgan fingerprint density at radius 2 is 2.00 bits per heavy atom. The minimum Gasteiger partial charge on any atom is -0.496 e. The molecule has 1 aromatic carbocycles. The van der Waals surface area contributed by atoms with Crippen molar-refractivity contribution in [3.8, 4) is 11.5 Å². The van der Waals surface area contributed by atoms with Gasteiger partial charge in [-0.1, -0.05) is 12.2 Å². The topological polar surface area (TPSA) is 41.9 Å². The smallest absolute Gasteiger partial charge is 0.125 e. The normalized spacial score (nSPS) is 18.8. The quantitative estimate of drug-likeness (QED) is 0.845. The molecule has 0 bridgehead atoms. The van der Waals surface area contributed by atoms with Crippen molar-refractivity contribution in [2.45, 2.75) is 19.6 Å². The molecule has 4 heteroatoms. The molecule has 1 aliphatic heterocycles. The van der Waals surface area contributed by atoms with Gasteiger partial charge in [-0.15, -0.1) is 0 Å². The second kappa shape index (κ2) is 5.63. The Balaban J connectivity index is 2.41. The summed E-state index contributed by atoms with van der Waals surface area (Å²) in [5, 5.41) is 10.4. The Morgan fingerprint density at radius 1 is 1.37 bits per heavy atom. The molecule has 0 fully saturated rings. The zero-order valence-corrected chi connectivity index (χ0v) is 11.8. The van der Waals surface area contributed by atoms with Crippen molar-refractivity contribution in [2.24, 2.45) is 0 Å². The molecule has 4 nitrogen and oxygen atoms in total. The third kappa shape index (κ3) is 2.74. The van der Waals surface area contributed by atoms with Gasteiger partial charge in [0.15, 0.2) is 0 Å². The highest BCUT2D eigenvalue weighted by molar-refractivity contribution is 5.51. The predicted molar refractivity (Wildman–Crippen MR) is 74.6 cm³/mol. The fraction of sp³-hybridized carbons (Fsp3) is 0.467. The van der Waals surface area contributed by atoms with Crippen molar-refractivity contribution in [1.29, 1.82) is 0 Å². The lowest BCUT2D eigenvalue weighted by Gasteiger charge is -2.34. The van der Waals surface area contributed by atoms with Crippen LogP contribution < -0.4 is 9.47 Å². The maximum Gasteiger partial charge on any atom is 0.125 e. The lowest BCUT2D eigenvalue weighted by atomic mass is 9.95. The van der Waals surface area contributed by atoms with Crippen LogP contribution in [0.25, 0.3) is 0 Å². The molecule has 0 radical (unpaired) electrons. The van der Waals surface area contributed by atoms with E-state index < -0.39 is 6.10 Å². The summed E-state index contributed by atoms with van der Waals surface area (Å²) in [5.41, 5.74) is 2.93. The molecule has 1 aromatic rings. The van der Waals surface area contributed by atoms with Gasteiger partial charge in [0, 0.05) is 30.8 Å². The summed E-state index contributed by atoms with van der Waals surface area (Å²) in [7, 11) is 3.27. The summed E-state index contributed by atoms with van der Waals surface area (Å²) >= 11 is 0. The van der Waals surface area contributed by atoms with Crippen molar-refractivity contribution in [3.63, 3.8) is 0 Å². The minimum atomic E-state index is -0.562. The molecule has 1 N–H and O–H groups in total. The van der Waals surface area contributed by atoms with Gasteiger partial charge >= 0.3 is 0 Å². The number of aliphatic hydroxyl groups excluding tert-OH is 1. The van der Waals surface area contributed by atoms with Crippen LogP contribution in [0.5, 0.6) is 11.5 Å². The molecular formula is C15H21NO3. The highest BCUT2D eigenvalue weighted by atomic mass is 16.5. The Morgan fingerprint density at radius 3 is 2.58 bits per heavy atom. The number of fused-ring (bicyclic) bond motifs is 1. The van der Waals surface area contributed by atoms with Crippen molar-refractivity contribution < 1.29 is 14.6 Å². The summed E-state index contributed by atoms with van der Waals surface area (Å²) in [6.45, 7) is 8.02. The van der Waals surface area contributed by atoms with Crippen LogP contribution in [-0.4, -0.2) is 37.3 Å². The van der Waals surface area contributed by atoms with Crippen molar-refractivity contribution in [3.05, 3.63) is 35.4 Å². The van der Waals surface area contributed by atoms with Gasteiger partial charge in [0.1, 0.15) is 11.5 Å². The average Bonchev–Trinajstić information content (AvgIpc) is 2.36. The number of nitrogens with zero attached hydrogens (tertiary/aromatic N) is 1. The molecule has 104 valence electrons. The summed E-state index contributed by atoms with van der Waals surface area (Å²) in [4.78, 5) is 2.16. The van der Waals surface area contributed by atoms with Crippen LogP contribution in [0.3, 0.4) is 0 Å². The number of aliphatic hydroxyl groups is 1. The summed E-state index contributed by atoms with van der Waals surface area (Å²) in [5.74, 6) is 1.51. The maximum absolute atomic E-state index is 10.4. The Bertz CT molecular complexity index is 485. The van der Waals surface area contributed by atoms with E-state index in [1.807, 2.05) is 19.1 Å². The van der Waals surface area contributed by atoms with Crippen LogP contribution in [0.15, 0.2) is 24.3 Å². The zero-order chi connectivity index (χ0) is 14.0. The summed E-state index contributed by atoms with van der Waals surface area (Å²) < 4.78 is 10.7. The largest absolute Gasteiger partial charge is 0.496 e. The molecule has 1 atom stereocenters. The molecule has 0 spiro atoms. The Hall–Kier alpha value is -1.52. The Labute approximate surface area is 114 Å². The first-order valence-electron chi connectivity index (χ1n) is 6.35. The number of hydrogen-bond donors (Lipinski definition) is 1. The highest BCUT2D eigenvalue weighted by Gasteiger charge is 2.29. The van der Waals surface area contributed by atoms with E-state index in [4.69, 9.17) is 9.47 Å². The van der Waals surface area contributed by atoms with Crippen LogP contribution in [-0.2, 0) is 6.54 Å². The Kier molecular flexibility index (Phi) is 4.12. The van der Waals surface area contributed by atoms with Gasteiger partial charge in [0.05, 0.1) is 20.3 Å². The molecule has 19 heavy (non-hydrogen) atoms. The van der Waals surface area contributed by atoms with Crippen LogP contribution in [0.2, 0.25) is 0 Å². The molecule has 0 amide bonds. The predicted octanol–water partition coefficient (Wildman–Crippen LogP) is 2.13. The van der Waals surface area contributed by atoms with Gasteiger partial charge in [0.25, 0.3) is 0 Å². The molecule has 2 rings (SSSR count). The number of β-amino-alcohol motifs (C(OH)–C–C–N with tert-alkyl or cyclic N) is 1. The van der Waals surface area contributed by atoms with E-state index in [-0.39, 0.29) is 0 Å². The number of benzene rings is 1. The fourth-order valence-electron chi connectivity index (χ4n) is 2.65. The van der Waals surface area contributed by atoms with Gasteiger partial charge in [0.2, 0.25) is 0 Å². The van der Waals surface area contributed by atoms with Crippen LogP contribution in [0.4, 0.5) is 0 Å². The van der Waals surface area contributed by atoms with Crippen molar-refractivity contribution in [2.75, 3.05) is 27.3 Å². The second-order valence-electron chi connectivity index (χ2n) is 5.00. The molecular weight excluding hydrogens is 242 g/mol. The zero-order valence-electron chi connectivity index (χ0n) is 11.8. The van der Waals surface area contributed by atoms with E-state index >= 15 is 0 Å². The highest BCUT2D eigenvalue weighted by Crippen LogP contribution is 2.39. The van der Waals surface area contributed by atoms with Crippen molar-refractivity contribution >= 4 is 0 Å². The van der Waals surface area contributed by atoms with Crippen LogP contribution >= 0.6 is 0 Å². The first-order chi connectivity index (χ1) is 9.06. The first-order valence-corrected chi connectivity index (χ1v) is 6.35. The molecule has 0 aliphatic carbocycles. The van der Waals surface area contributed by atoms with Crippen LogP contribution in [0, 0.1) is 0 Å². The number of methoxy groups -OCH3 is 2. The molecule has 0 unspecified atom stereocenters. The average molecular weight is 263 g/mol. The van der Waals surface area contributed by atoms with Gasteiger partial charge in [-0.2, -0.15) is 0 Å².